The Labute approximate surface area is 137 Å². The van der Waals surface area contributed by atoms with Gasteiger partial charge in [0.15, 0.2) is 0 Å². The Hall–Kier alpha value is -1.18. The number of sulfonamides is 1. The molecule has 0 saturated carbocycles. The number of halogens is 1. The summed E-state index contributed by atoms with van der Waals surface area (Å²) in [6.07, 6.45) is 3.19. The molecule has 1 aliphatic rings. The van der Waals surface area contributed by atoms with Crippen LogP contribution < -0.4 is 9.46 Å². The molecule has 0 radical (unpaired) electrons. The number of nitrogens with one attached hydrogen (secondary N) is 1. The van der Waals surface area contributed by atoms with Crippen molar-refractivity contribution < 1.29 is 17.5 Å². The molecule has 2 rings (SSSR count). The summed E-state index contributed by atoms with van der Waals surface area (Å²) in [6.45, 7) is 5.59. The van der Waals surface area contributed by atoms with E-state index in [1.807, 2.05) is 0 Å². The van der Waals surface area contributed by atoms with Gasteiger partial charge in [-0.2, -0.15) is 0 Å². The lowest BCUT2D eigenvalue weighted by Crippen LogP contribution is -2.36. The van der Waals surface area contributed by atoms with Gasteiger partial charge in [-0.1, -0.05) is 6.92 Å². The first-order chi connectivity index (χ1) is 10.9. The molecule has 0 aromatic heterocycles. The number of ether oxygens (including phenoxy) is 1. The van der Waals surface area contributed by atoms with Crippen molar-refractivity contribution in [1.29, 1.82) is 0 Å². The van der Waals surface area contributed by atoms with E-state index >= 15 is 0 Å². The van der Waals surface area contributed by atoms with Gasteiger partial charge in [0.2, 0.25) is 10.0 Å². The van der Waals surface area contributed by atoms with Crippen LogP contribution in [0, 0.1) is 11.7 Å². The molecule has 23 heavy (non-hydrogen) atoms. The number of benzene rings is 1. The summed E-state index contributed by atoms with van der Waals surface area (Å²) in [7, 11) is -2.41. The first-order valence-electron chi connectivity index (χ1n) is 7.98. The highest BCUT2D eigenvalue weighted by molar-refractivity contribution is 7.89. The predicted molar refractivity (Wildman–Crippen MR) is 87.6 cm³/mol. The van der Waals surface area contributed by atoms with Crippen LogP contribution in [0.2, 0.25) is 0 Å². The zero-order chi connectivity index (χ0) is 16.9. The van der Waals surface area contributed by atoms with E-state index in [0.29, 0.717) is 12.5 Å². The molecule has 0 amide bonds. The lowest BCUT2D eigenvalue weighted by atomic mass is 10.0. The van der Waals surface area contributed by atoms with Crippen LogP contribution in [0.5, 0.6) is 5.75 Å². The average Bonchev–Trinajstić information content (AvgIpc) is 2.52. The third-order valence-electron chi connectivity index (χ3n) is 4.10. The number of methoxy groups -OCH3 is 1. The zero-order valence-electron chi connectivity index (χ0n) is 13.7. The molecule has 1 fully saturated rings. The van der Waals surface area contributed by atoms with Crippen LogP contribution in [-0.2, 0) is 10.0 Å². The molecular weight excluding hydrogens is 319 g/mol. The van der Waals surface area contributed by atoms with E-state index in [-0.39, 0.29) is 10.6 Å². The molecule has 1 heterocycles. The highest BCUT2D eigenvalue weighted by atomic mass is 32.2. The van der Waals surface area contributed by atoms with Gasteiger partial charge in [0.1, 0.15) is 16.5 Å². The summed E-state index contributed by atoms with van der Waals surface area (Å²) < 4.78 is 45.5. The molecule has 0 bridgehead atoms. The minimum absolute atomic E-state index is 0.142. The van der Waals surface area contributed by atoms with Crippen molar-refractivity contribution in [2.24, 2.45) is 5.92 Å². The molecule has 0 aliphatic carbocycles. The number of hydrogen-bond acceptors (Lipinski definition) is 4. The Balaban J connectivity index is 1.88. The van der Waals surface area contributed by atoms with Gasteiger partial charge in [-0.05, 0) is 56.5 Å². The van der Waals surface area contributed by atoms with E-state index in [2.05, 4.69) is 16.5 Å². The van der Waals surface area contributed by atoms with E-state index in [9.17, 15) is 12.8 Å². The van der Waals surface area contributed by atoms with Crippen LogP contribution in [0.1, 0.15) is 26.2 Å². The quantitative estimate of drug-likeness (QED) is 0.771. The standard InChI is InChI=1S/C16H25FN2O3S/c1-13-5-3-9-19(12-13)10-4-8-18-23(20,21)16-11-14(17)6-7-15(16)22-2/h6-7,11,13,18H,3-5,8-10,12H2,1-2H3/t13-/m0/s1. The number of nitrogens with zero attached hydrogens (tertiary/aromatic N) is 1. The number of rotatable bonds is 7. The maximum atomic E-state index is 13.3. The zero-order valence-corrected chi connectivity index (χ0v) is 14.5. The SMILES string of the molecule is COc1ccc(F)cc1S(=O)(=O)NCCCN1CCC[C@H](C)C1. The molecule has 1 atom stereocenters. The molecule has 1 N–H and O–H groups in total. The molecule has 1 aliphatic heterocycles. The molecule has 1 aromatic carbocycles. The molecule has 0 spiro atoms. The van der Waals surface area contributed by atoms with Gasteiger partial charge in [-0.3, -0.25) is 0 Å². The molecule has 1 aromatic rings. The van der Waals surface area contributed by atoms with Gasteiger partial charge in [-0.15, -0.1) is 0 Å². The molecular formula is C16H25FN2O3S. The second-order valence-electron chi connectivity index (χ2n) is 6.09. The lowest BCUT2D eigenvalue weighted by Gasteiger charge is -2.30. The summed E-state index contributed by atoms with van der Waals surface area (Å²) in [6, 6.07) is 3.47. The van der Waals surface area contributed by atoms with Crippen molar-refractivity contribution in [2.75, 3.05) is 33.3 Å². The Morgan fingerprint density at radius 2 is 2.22 bits per heavy atom. The summed E-state index contributed by atoms with van der Waals surface area (Å²) in [4.78, 5) is 2.21. The summed E-state index contributed by atoms with van der Waals surface area (Å²) in [5, 5.41) is 0. The maximum Gasteiger partial charge on any atom is 0.244 e. The third kappa shape index (κ3) is 5.16. The van der Waals surface area contributed by atoms with E-state index in [4.69, 9.17) is 4.74 Å². The molecule has 130 valence electrons. The Bertz CT molecular complexity index is 622. The molecule has 7 heteroatoms. The number of piperidine rings is 1. The smallest absolute Gasteiger partial charge is 0.244 e. The third-order valence-corrected chi connectivity index (χ3v) is 5.58. The van der Waals surface area contributed by atoms with Crippen molar-refractivity contribution >= 4 is 10.0 Å². The van der Waals surface area contributed by atoms with E-state index in [1.165, 1.54) is 32.1 Å². The summed E-state index contributed by atoms with van der Waals surface area (Å²) in [5.41, 5.74) is 0. The molecule has 5 nitrogen and oxygen atoms in total. The highest BCUT2D eigenvalue weighted by Crippen LogP contribution is 2.24. The van der Waals surface area contributed by atoms with E-state index < -0.39 is 15.8 Å². The van der Waals surface area contributed by atoms with Crippen molar-refractivity contribution in [2.45, 2.75) is 31.1 Å². The van der Waals surface area contributed by atoms with Crippen molar-refractivity contribution in [3.63, 3.8) is 0 Å². The van der Waals surface area contributed by atoms with Crippen LogP contribution in [0.3, 0.4) is 0 Å². The predicted octanol–water partition coefficient (Wildman–Crippen LogP) is 2.23. The van der Waals surface area contributed by atoms with Crippen LogP contribution >= 0.6 is 0 Å². The van der Waals surface area contributed by atoms with Crippen LogP contribution in [0.15, 0.2) is 23.1 Å². The number of likely N-dealkylation sites (tertiary alicyclic amines) is 1. The van der Waals surface area contributed by atoms with E-state index in [0.717, 1.165) is 32.1 Å². The fourth-order valence-corrected chi connectivity index (χ4v) is 4.19. The molecule has 0 unspecified atom stereocenters. The van der Waals surface area contributed by atoms with Crippen molar-refractivity contribution in [3.8, 4) is 5.75 Å². The summed E-state index contributed by atoms with van der Waals surface area (Å²) in [5.74, 6) is 0.245. The second kappa shape index (κ2) is 8.08. The van der Waals surface area contributed by atoms with Gasteiger partial charge in [0.05, 0.1) is 7.11 Å². The maximum absolute atomic E-state index is 13.3. The fraction of sp³-hybridized carbons (Fsp3) is 0.625. The van der Waals surface area contributed by atoms with Gasteiger partial charge in [0.25, 0.3) is 0 Å². The normalized spacial score (nSPS) is 19.7. The summed E-state index contributed by atoms with van der Waals surface area (Å²) >= 11 is 0. The minimum Gasteiger partial charge on any atom is -0.495 e. The van der Waals surface area contributed by atoms with Crippen molar-refractivity contribution in [3.05, 3.63) is 24.0 Å². The van der Waals surface area contributed by atoms with Gasteiger partial charge < -0.3 is 9.64 Å². The number of hydrogen-bond donors (Lipinski definition) is 1. The largest absolute Gasteiger partial charge is 0.495 e. The Morgan fingerprint density at radius 3 is 2.91 bits per heavy atom. The van der Waals surface area contributed by atoms with Crippen LogP contribution in [0.4, 0.5) is 4.39 Å². The van der Waals surface area contributed by atoms with Gasteiger partial charge in [0, 0.05) is 13.1 Å². The van der Waals surface area contributed by atoms with Gasteiger partial charge in [-0.25, -0.2) is 17.5 Å². The van der Waals surface area contributed by atoms with Crippen LogP contribution in [0.25, 0.3) is 0 Å². The van der Waals surface area contributed by atoms with Crippen molar-refractivity contribution in [1.82, 2.24) is 9.62 Å². The first-order valence-corrected chi connectivity index (χ1v) is 9.46. The van der Waals surface area contributed by atoms with Crippen LogP contribution in [-0.4, -0.2) is 46.6 Å². The molecule has 1 saturated heterocycles. The Kier molecular flexibility index (Phi) is 6.38. The highest BCUT2D eigenvalue weighted by Gasteiger charge is 2.20. The van der Waals surface area contributed by atoms with Gasteiger partial charge >= 0.3 is 0 Å². The minimum atomic E-state index is -3.77. The Morgan fingerprint density at radius 1 is 1.43 bits per heavy atom. The van der Waals surface area contributed by atoms with E-state index in [1.54, 1.807) is 0 Å². The second-order valence-corrected chi connectivity index (χ2v) is 7.83. The first kappa shape index (κ1) is 18.2. The fourth-order valence-electron chi connectivity index (χ4n) is 2.94. The topological polar surface area (TPSA) is 58.6 Å². The monoisotopic (exact) mass is 344 g/mol. The lowest BCUT2D eigenvalue weighted by molar-refractivity contribution is 0.182. The average molecular weight is 344 g/mol.